The summed E-state index contributed by atoms with van der Waals surface area (Å²) in [6.07, 6.45) is 4.86. The molecule has 1 N–H and O–H groups in total. The van der Waals surface area contributed by atoms with E-state index in [2.05, 4.69) is 35.0 Å². The fourth-order valence-corrected chi connectivity index (χ4v) is 5.17. The molecule has 1 saturated heterocycles. The lowest BCUT2D eigenvalue weighted by atomic mass is 9.87. The molecule has 0 saturated carbocycles. The molecule has 31 heavy (non-hydrogen) atoms. The Morgan fingerprint density at radius 3 is 2.71 bits per heavy atom. The lowest BCUT2D eigenvalue weighted by molar-refractivity contribution is 0.267. The average Bonchev–Trinajstić information content (AvgIpc) is 3.37. The highest BCUT2D eigenvalue weighted by atomic mass is 35.5. The quantitative estimate of drug-likeness (QED) is 0.480. The van der Waals surface area contributed by atoms with Crippen molar-refractivity contribution in [2.45, 2.75) is 45.6 Å². The van der Waals surface area contributed by atoms with Crippen LogP contribution in [-0.4, -0.2) is 21.4 Å². The van der Waals surface area contributed by atoms with Crippen molar-refractivity contribution in [3.63, 3.8) is 0 Å². The molecule has 1 unspecified atom stereocenters. The van der Waals surface area contributed by atoms with Crippen molar-refractivity contribution in [1.29, 1.82) is 0 Å². The molecular weight excluding hydrogens is 409 g/mol. The van der Waals surface area contributed by atoms with Gasteiger partial charge in [-0.3, -0.25) is 0 Å². The second-order valence-electron chi connectivity index (χ2n) is 8.79. The summed E-state index contributed by atoms with van der Waals surface area (Å²) < 4.78 is 15.0. The van der Waals surface area contributed by atoms with Gasteiger partial charge in [0.1, 0.15) is 11.7 Å². The zero-order chi connectivity index (χ0) is 21.7. The Morgan fingerprint density at radius 2 is 1.94 bits per heavy atom. The summed E-state index contributed by atoms with van der Waals surface area (Å²) in [5.74, 6) is 1.03. The third kappa shape index (κ3) is 3.47. The number of imidazole rings is 1. The molecule has 0 spiro atoms. The van der Waals surface area contributed by atoms with E-state index < -0.39 is 0 Å². The van der Waals surface area contributed by atoms with Gasteiger partial charge in [-0.05, 0) is 55.9 Å². The first kappa shape index (κ1) is 20.3. The fraction of sp³-hybridized carbons (Fsp3) is 0.346. The number of aryl methyl sites for hydroxylation is 1. The minimum absolute atomic E-state index is 0.0758. The molecule has 2 aliphatic rings. The molecule has 3 aromatic rings. The van der Waals surface area contributed by atoms with Crippen LogP contribution in [0.1, 0.15) is 55.6 Å². The number of likely N-dealkylation sites (tertiary alicyclic amines) is 1. The summed E-state index contributed by atoms with van der Waals surface area (Å²) in [7, 11) is 0. The van der Waals surface area contributed by atoms with E-state index in [1.807, 2.05) is 44.2 Å². The van der Waals surface area contributed by atoms with E-state index in [0.717, 1.165) is 58.1 Å². The monoisotopic (exact) mass is 434 g/mol. The van der Waals surface area contributed by atoms with Gasteiger partial charge in [0.15, 0.2) is 0 Å². The van der Waals surface area contributed by atoms with Gasteiger partial charge in [-0.25, -0.2) is 9.37 Å². The molecule has 3 atom stereocenters. The molecule has 5 rings (SSSR count). The number of aromatic nitrogens is 2. The second kappa shape index (κ2) is 7.83. The van der Waals surface area contributed by atoms with Crippen molar-refractivity contribution >= 4 is 22.6 Å². The number of halogens is 2. The number of nitrogens with zero attached hydrogens (tertiary/aromatic N) is 2. The first-order valence-corrected chi connectivity index (χ1v) is 11.3. The summed E-state index contributed by atoms with van der Waals surface area (Å²) in [6.45, 7) is 7.02. The van der Waals surface area contributed by atoms with E-state index in [9.17, 15) is 4.39 Å². The van der Waals surface area contributed by atoms with E-state index >= 15 is 0 Å². The number of aromatic amines is 1. The van der Waals surface area contributed by atoms with Gasteiger partial charge in [0.2, 0.25) is 0 Å². The maximum Gasteiger partial charge on any atom is 0.132 e. The number of hydrogen-bond acceptors (Lipinski definition) is 2. The molecule has 159 valence electrons. The summed E-state index contributed by atoms with van der Waals surface area (Å²) in [5, 5.41) is 0.723. The molecular formula is C26H26ClFN3. The number of allylic oxidation sites excluding steroid dienone is 4. The predicted octanol–water partition coefficient (Wildman–Crippen LogP) is 7.03. The van der Waals surface area contributed by atoms with Gasteiger partial charge in [-0.2, -0.15) is 0 Å². The van der Waals surface area contributed by atoms with Crippen LogP contribution in [0.3, 0.4) is 0 Å². The Morgan fingerprint density at radius 1 is 1.16 bits per heavy atom. The molecule has 0 amide bonds. The van der Waals surface area contributed by atoms with Gasteiger partial charge >= 0.3 is 0 Å². The second-order valence-corrected chi connectivity index (χ2v) is 9.20. The van der Waals surface area contributed by atoms with Crippen LogP contribution in [-0.2, 0) is 0 Å². The first-order valence-electron chi connectivity index (χ1n) is 10.9. The Hall–Kier alpha value is -2.59. The van der Waals surface area contributed by atoms with Gasteiger partial charge in [0, 0.05) is 34.8 Å². The van der Waals surface area contributed by atoms with Crippen molar-refractivity contribution in [1.82, 2.24) is 14.9 Å². The van der Waals surface area contributed by atoms with Crippen molar-refractivity contribution in [3.8, 4) is 0 Å². The Kier molecular flexibility index (Phi) is 5.13. The van der Waals surface area contributed by atoms with Crippen LogP contribution < -0.4 is 0 Å². The summed E-state index contributed by atoms with van der Waals surface area (Å²) in [6, 6.07) is 14.1. The van der Waals surface area contributed by atoms with Crippen molar-refractivity contribution in [2.24, 2.45) is 5.92 Å². The number of rotatable bonds is 3. The van der Waals surface area contributed by atoms with Gasteiger partial charge < -0.3 is 9.88 Å². The van der Waals surface area contributed by atoms with Crippen LogP contribution in [0.4, 0.5) is 4.39 Å². The number of benzene rings is 2. The standard InChI is InChI=1S/C26H26ClFN3/c1-15-11-12-31(25(15)26-29-22-10-9-20(27)16(2)24(22)30-26)23-14-19(13-21(28)17(23)3)18-7-5-4-6-8-18/h4-10,15,19,25H,11-12,14H2,1-3H3,(H,29,30)/t15-,19?,25-/m0/s1. The smallest absolute Gasteiger partial charge is 0.132 e. The van der Waals surface area contributed by atoms with Crippen LogP contribution in [0.5, 0.6) is 0 Å². The lowest BCUT2D eigenvalue weighted by Crippen LogP contribution is -2.28. The number of nitrogens with one attached hydrogen (secondary N) is 1. The molecule has 2 heterocycles. The molecule has 1 radical (unpaired) electrons. The van der Waals surface area contributed by atoms with Gasteiger partial charge in [-0.15, -0.1) is 0 Å². The fourth-order valence-electron chi connectivity index (χ4n) is 5.02. The van der Waals surface area contributed by atoms with Crippen molar-refractivity contribution in [3.05, 3.63) is 87.6 Å². The lowest BCUT2D eigenvalue weighted by Gasteiger charge is -2.34. The summed E-state index contributed by atoms with van der Waals surface area (Å²) in [4.78, 5) is 10.8. The van der Waals surface area contributed by atoms with Crippen LogP contribution in [0, 0.1) is 18.9 Å². The van der Waals surface area contributed by atoms with Gasteiger partial charge in [0.25, 0.3) is 0 Å². The molecule has 5 heteroatoms. The van der Waals surface area contributed by atoms with E-state index in [0.29, 0.717) is 11.5 Å². The Bertz CT molecular complexity index is 1190. The zero-order valence-corrected chi connectivity index (χ0v) is 18.8. The highest BCUT2D eigenvalue weighted by Gasteiger charge is 2.38. The Balaban J connectivity index is 1.54. The number of fused-ring (bicyclic) bond motifs is 1. The SMILES string of the molecule is CC1=C(N2CC[C@H](C)[C@H]2c2nc3c(C)c(Cl)ccc3[nH]2)CC(c2ccccc2)[C]=C1F. The predicted molar refractivity (Wildman–Crippen MR) is 123 cm³/mol. The largest absolute Gasteiger partial charge is 0.364 e. The normalized spacial score (nSPS) is 24.2. The third-order valence-corrected chi connectivity index (χ3v) is 7.26. The molecule has 2 aromatic carbocycles. The minimum Gasteiger partial charge on any atom is -0.364 e. The van der Waals surface area contributed by atoms with Gasteiger partial charge in [0.05, 0.1) is 17.1 Å². The highest BCUT2D eigenvalue weighted by Crippen LogP contribution is 2.45. The number of hydrogen-bond donors (Lipinski definition) is 1. The maximum atomic E-state index is 15.0. The number of H-pyrrole nitrogens is 1. The van der Waals surface area contributed by atoms with Crippen LogP contribution in [0.2, 0.25) is 5.02 Å². The molecule has 3 nitrogen and oxygen atoms in total. The van der Waals surface area contributed by atoms with Crippen LogP contribution >= 0.6 is 11.6 Å². The van der Waals surface area contributed by atoms with E-state index in [1.54, 1.807) is 0 Å². The molecule has 0 bridgehead atoms. The first-order chi connectivity index (χ1) is 14.9. The van der Waals surface area contributed by atoms with Crippen LogP contribution in [0.15, 0.2) is 59.6 Å². The summed E-state index contributed by atoms with van der Waals surface area (Å²) in [5.41, 5.74) is 5.75. The molecule has 1 aromatic heterocycles. The third-order valence-electron chi connectivity index (χ3n) is 6.85. The Labute approximate surface area is 187 Å². The summed E-state index contributed by atoms with van der Waals surface area (Å²) >= 11 is 6.32. The molecule has 1 fully saturated rings. The van der Waals surface area contributed by atoms with E-state index in [1.165, 1.54) is 0 Å². The van der Waals surface area contributed by atoms with E-state index in [-0.39, 0.29) is 17.8 Å². The van der Waals surface area contributed by atoms with Gasteiger partial charge in [-0.1, -0.05) is 48.9 Å². The van der Waals surface area contributed by atoms with Crippen molar-refractivity contribution in [2.75, 3.05) is 6.54 Å². The topological polar surface area (TPSA) is 31.9 Å². The minimum atomic E-state index is -0.236. The molecule has 1 aliphatic heterocycles. The molecule has 1 aliphatic carbocycles. The zero-order valence-electron chi connectivity index (χ0n) is 18.0. The maximum absolute atomic E-state index is 15.0. The van der Waals surface area contributed by atoms with Crippen molar-refractivity contribution < 1.29 is 4.39 Å². The van der Waals surface area contributed by atoms with E-state index in [4.69, 9.17) is 16.6 Å². The van der Waals surface area contributed by atoms with Crippen LogP contribution in [0.25, 0.3) is 11.0 Å². The average molecular weight is 435 g/mol. The highest BCUT2D eigenvalue weighted by molar-refractivity contribution is 6.32.